The maximum Gasteiger partial charge on any atom is 0.251 e. The highest BCUT2D eigenvalue weighted by Crippen LogP contribution is 2.24. The van der Waals surface area contributed by atoms with Crippen LogP contribution in [0.4, 0.5) is 5.69 Å². The van der Waals surface area contributed by atoms with Gasteiger partial charge in [-0.2, -0.15) is 0 Å². The molecule has 108 valence electrons. The number of hydrogen-bond acceptors (Lipinski definition) is 3. The molecule has 5 nitrogen and oxygen atoms in total. The summed E-state index contributed by atoms with van der Waals surface area (Å²) < 4.78 is 0.778. The third kappa shape index (κ3) is 3.72. The summed E-state index contributed by atoms with van der Waals surface area (Å²) in [6, 6.07) is 5.23. The van der Waals surface area contributed by atoms with Crippen molar-refractivity contribution in [2.75, 3.05) is 5.73 Å². The maximum atomic E-state index is 12.2. The monoisotopic (exact) mass is 339 g/mol. The van der Waals surface area contributed by atoms with Gasteiger partial charge in [0.15, 0.2) is 0 Å². The van der Waals surface area contributed by atoms with Crippen LogP contribution in [0, 0.1) is 5.92 Å². The minimum absolute atomic E-state index is 0.0512. The van der Waals surface area contributed by atoms with Crippen LogP contribution in [-0.2, 0) is 4.79 Å². The fourth-order valence-corrected chi connectivity index (χ4v) is 3.05. The lowest BCUT2D eigenvalue weighted by Crippen LogP contribution is -2.39. The molecule has 5 N–H and O–H groups in total. The molecule has 1 aromatic carbocycles. The Bertz CT molecular complexity index is 505. The fraction of sp³-hybridized carbons (Fsp3) is 0.429. The van der Waals surface area contributed by atoms with Gasteiger partial charge < -0.3 is 16.8 Å². The molecule has 2 rings (SSSR count). The van der Waals surface area contributed by atoms with Crippen LogP contribution in [0.2, 0.25) is 0 Å². The van der Waals surface area contributed by atoms with Crippen molar-refractivity contribution in [3.8, 4) is 0 Å². The van der Waals surface area contributed by atoms with Gasteiger partial charge in [-0.25, -0.2) is 0 Å². The molecule has 0 unspecified atom stereocenters. The average molecular weight is 340 g/mol. The minimum atomic E-state index is -0.241. The third-order valence-electron chi connectivity index (χ3n) is 3.65. The van der Waals surface area contributed by atoms with Gasteiger partial charge in [0.05, 0.1) is 0 Å². The zero-order valence-corrected chi connectivity index (χ0v) is 12.7. The zero-order chi connectivity index (χ0) is 14.7. The fourth-order valence-electron chi connectivity index (χ4n) is 2.53. The second-order valence-corrected chi connectivity index (χ2v) is 6.11. The summed E-state index contributed by atoms with van der Waals surface area (Å²) in [5.74, 6) is -0.431. The Balaban J connectivity index is 1.94. The van der Waals surface area contributed by atoms with Crippen LogP contribution in [0.25, 0.3) is 0 Å². The van der Waals surface area contributed by atoms with Crippen LogP contribution in [-0.4, -0.2) is 17.9 Å². The standard InChI is InChI=1S/C14H18BrN3O2/c15-10-5-9(6-11(16)7-10)14(20)18-12-3-1-8(2-4-12)13(17)19/h5-8,12H,1-4,16H2,(H2,17,19)(H,18,20). The van der Waals surface area contributed by atoms with Crippen molar-refractivity contribution in [3.63, 3.8) is 0 Å². The van der Waals surface area contributed by atoms with Crippen molar-refractivity contribution in [3.05, 3.63) is 28.2 Å². The number of primary amides is 1. The number of rotatable bonds is 3. The summed E-state index contributed by atoms with van der Waals surface area (Å²) >= 11 is 3.32. The second kappa shape index (κ2) is 6.26. The SMILES string of the molecule is NC(=O)C1CCC(NC(=O)c2cc(N)cc(Br)c2)CC1. The summed E-state index contributed by atoms with van der Waals surface area (Å²) in [5.41, 5.74) is 12.1. The Morgan fingerprint density at radius 3 is 2.35 bits per heavy atom. The molecule has 0 atom stereocenters. The number of nitrogen functional groups attached to an aromatic ring is 1. The van der Waals surface area contributed by atoms with Crippen molar-refractivity contribution in [1.82, 2.24) is 5.32 Å². The molecule has 0 bridgehead atoms. The minimum Gasteiger partial charge on any atom is -0.399 e. The van der Waals surface area contributed by atoms with Gasteiger partial charge in [0, 0.05) is 27.7 Å². The number of carbonyl (C=O) groups excluding carboxylic acids is 2. The number of carbonyl (C=O) groups is 2. The lowest BCUT2D eigenvalue weighted by molar-refractivity contribution is -0.122. The molecular formula is C14H18BrN3O2. The maximum absolute atomic E-state index is 12.2. The van der Waals surface area contributed by atoms with Crippen LogP contribution >= 0.6 is 15.9 Å². The van der Waals surface area contributed by atoms with Crippen LogP contribution in [0.1, 0.15) is 36.0 Å². The molecule has 0 saturated heterocycles. The number of hydrogen-bond donors (Lipinski definition) is 3. The Morgan fingerprint density at radius 2 is 1.80 bits per heavy atom. The van der Waals surface area contributed by atoms with E-state index in [4.69, 9.17) is 11.5 Å². The van der Waals surface area contributed by atoms with Crippen LogP contribution in [0.3, 0.4) is 0 Å². The van der Waals surface area contributed by atoms with Gasteiger partial charge in [0.2, 0.25) is 5.91 Å². The molecule has 0 radical (unpaired) electrons. The zero-order valence-electron chi connectivity index (χ0n) is 11.1. The van der Waals surface area contributed by atoms with E-state index in [9.17, 15) is 9.59 Å². The molecule has 1 saturated carbocycles. The average Bonchev–Trinajstić information content (AvgIpc) is 2.38. The number of nitrogens with one attached hydrogen (secondary N) is 1. The Morgan fingerprint density at radius 1 is 1.15 bits per heavy atom. The van der Waals surface area contributed by atoms with E-state index in [1.54, 1.807) is 18.2 Å². The molecule has 0 spiro atoms. The predicted octanol–water partition coefficient (Wildman–Crippen LogP) is 1.81. The van der Waals surface area contributed by atoms with E-state index in [-0.39, 0.29) is 23.8 Å². The molecule has 1 fully saturated rings. The Hall–Kier alpha value is -1.56. The first-order valence-corrected chi connectivity index (χ1v) is 7.41. The Kier molecular flexibility index (Phi) is 4.65. The van der Waals surface area contributed by atoms with E-state index in [1.807, 2.05) is 0 Å². The first-order chi connectivity index (χ1) is 9.45. The van der Waals surface area contributed by atoms with Crippen LogP contribution in [0.5, 0.6) is 0 Å². The van der Waals surface area contributed by atoms with Crippen molar-refractivity contribution in [2.45, 2.75) is 31.7 Å². The van der Waals surface area contributed by atoms with Gasteiger partial charge in [0.1, 0.15) is 0 Å². The summed E-state index contributed by atoms with van der Waals surface area (Å²) in [5, 5.41) is 2.98. The lowest BCUT2D eigenvalue weighted by atomic mass is 9.85. The normalized spacial score (nSPS) is 22.2. The van der Waals surface area contributed by atoms with Gasteiger partial charge in [-0.15, -0.1) is 0 Å². The first-order valence-electron chi connectivity index (χ1n) is 6.62. The topological polar surface area (TPSA) is 98.2 Å². The lowest BCUT2D eigenvalue weighted by Gasteiger charge is -2.27. The van der Waals surface area contributed by atoms with Gasteiger partial charge >= 0.3 is 0 Å². The van der Waals surface area contributed by atoms with Crippen molar-refractivity contribution in [2.24, 2.45) is 11.7 Å². The van der Waals surface area contributed by atoms with Crippen LogP contribution in [0.15, 0.2) is 22.7 Å². The van der Waals surface area contributed by atoms with Gasteiger partial charge in [-0.3, -0.25) is 9.59 Å². The van der Waals surface area contributed by atoms with Crippen LogP contribution < -0.4 is 16.8 Å². The van der Waals surface area contributed by atoms with E-state index in [0.717, 1.165) is 30.2 Å². The van der Waals surface area contributed by atoms with E-state index in [0.29, 0.717) is 11.3 Å². The molecule has 20 heavy (non-hydrogen) atoms. The second-order valence-electron chi connectivity index (χ2n) is 5.20. The van der Waals surface area contributed by atoms with Crippen molar-refractivity contribution >= 4 is 33.4 Å². The third-order valence-corrected chi connectivity index (χ3v) is 4.10. The number of nitrogens with two attached hydrogens (primary N) is 2. The number of halogens is 1. The summed E-state index contributed by atoms with van der Waals surface area (Å²) in [4.78, 5) is 23.2. The summed E-state index contributed by atoms with van der Waals surface area (Å²) in [7, 11) is 0. The first kappa shape index (κ1) is 14.8. The van der Waals surface area contributed by atoms with Crippen molar-refractivity contribution in [1.29, 1.82) is 0 Å². The molecule has 0 heterocycles. The van der Waals surface area contributed by atoms with E-state index < -0.39 is 0 Å². The highest BCUT2D eigenvalue weighted by atomic mass is 79.9. The highest BCUT2D eigenvalue weighted by molar-refractivity contribution is 9.10. The molecule has 1 aromatic rings. The van der Waals surface area contributed by atoms with Gasteiger partial charge in [0.25, 0.3) is 5.91 Å². The van der Waals surface area contributed by atoms with E-state index >= 15 is 0 Å². The number of amides is 2. The summed E-state index contributed by atoms with van der Waals surface area (Å²) in [6.07, 6.45) is 3.04. The molecular weight excluding hydrogens is 322 g/mol. The largest absolute Gasteiger partial charge is 0.399 e. The van der Waals surface area contributed by atoms with E-state index in [1.165, 1.54) is 0 Å². The molecule has 0 aliphatic heterocycles. The summed E-state index contributed by atoms with van der Waals surface area (Å²) in [6.45, 7) is 0. The smallest absolute Gasteiger partial charge is 0.251 e. The quantitative estimate of drug-likeness (QED) is 0.732. The highest BCUT2D eigenvalue weighted by Gasteiger charge is 2.25. The molecule has 0 aromatic heterocycles. The molecule has 1 aliphatic carbocycles. The molecule has 2 amide bonds. The van der Waals surface area contributed by atoms with Gasteiger partial charge in [-0.05, 0) is 43.9 Å². The predicted molar refractivity (Wildman–Crippen MR) is 81.0 cm³/mol. The molecule has 6 heteroatoms. The van der Waals surface area contributed by atoms with Crippen molar-refractivity contribution < 1.29 is 9.59 Å². The number of benzene rings is 1. The number of anilines is 1. The molecule has 1 aliphatic rings. The van der Waals surface area contributed by atoms with Gasteiger partial charge in [-0.1, -0.05) is 15.9 Å². The van der Waals surface area contributed by atoms with E-state index in [2.05, 4.69) is 21.2 Å². The Labute approximate surface area is 126 Å².